The smallest absolute Gasteiger partial charge is 0.161 e. The normalized spacial score (nSPS) is 33.5. The van der Waals surface area contributed by atoms with E-state index in [0.717, 1.165) is 36.3 Å². The molecule has 1 aromatic carbocycles. The SMILES string of the molecule is CC1CCCC(O)(c2ccc3c(c2)OCCCO3)C1C. The molecule has 1 aliphatic carbocycles. The molecule has 20 heavy (non-hydrogen) atoms. The van der Waals surface area contributed by atoms with Gasteiger partial charge in [-0.15, -0.1) is 0 Å². The van der Waals surface area contributed by atoms with Crippen LogP contribution in [-0.4, -0.2) is 18.3 Å². The molecule has 0 spiro atoms. The van der Waals surface area contributed by atoms with Crippen LogP contribution in [0.2, 0.25) is 0 Å². The number of benzene rings is 1. The fourth-order valence-electron chi connectivity index (χ4n) is 3.48. The van der Waals surface area contributed by atoms with Crippen molar-refractivity contribution in [3.05, 3.63) is 23.8 Å². The second kappa shape index (κ2) is 5.28. The zero-order valence-corrected chi connectivity index (χ0v) is 12.4. The number of fused-ring (bicyclic) bond motifs is 1. The van der Waals surface area contributed by atoms with E-state index in [1.807, 2.05) is 18.2 Å². The monoisotopic (exact) mass is 276 g/mol. The van der Waals surface area contributed by atoms with Crippen molar-refractivity contribution in [2.24, 2.45) is 11.8 Å². The van der Waals surface area contributed by atoms with Crippen LogP contribution in [0.5, 0.6) is 11.5 Å². The van der Waals surface area contributed by atoms with E-state index in [4.69, 9.17) is 9.47 Å². The zero-order valence-electron chi connectivity index (χ0n) is 12.4. The highest BCUT2D eigenvalue weighted by Gasteiger charge is 2.41. The number of hydrogen-bond acceptors (Lipinski definition) is 3. The third-order valence-electron chi connectivity index (χ3n) is 5.07. The first-order valence-electron chi connectivity index (χ1n) is 7.74. The highest BCUT2D eigenvalue weighted by molar-refractivity contribution is 5.45. The first-order valence-corrected chi connectivity index (χ1v) is 7.74. The van der Waals surface area contributed by atoms with Crippen molar-refractivity contribution in [3.63, 3.8) is 0 Å². The van der Waals surface area contributed by atoms with Crippen LogP contribution in [0.15, 0.2) is 18.2 Å². The van der Waals surface area contributed by atoms with Crippen LogP contribution in [0, 0.1) is 11.8 Å². The first kappa shape index (κ1) is 13.7. The van der Waals surface area contributed by atoms with Gasteiger partial charge in [0.25, 0.3) is 0 Å². The summed E-state index contributed by atoms with van der Waals surface area (Å²) < 4.78 is 11.4. The lowest BCUT2D eigenvalue weighted by Gasteiger charge is -2.42. The van der Waals surface area contributed by atoms with Crippen LogP contribution in [0.25, 0.3) is 0 Å². The van der Waals surface area contributed by atoms with Gasteiger partial charge >= 0.3 is 0 Å². The van der Waals surface area contributed by atoms with Crippen molar-refractivity contribution in [1.29, 1.82) is 0 Å². The van der Waals surface area contributed by atoms with Crippen molar-refractivity contribution in [2.75, 3.05) is 13.2 Å². The maximum absolute atomic E-state index is 11.2. The summed E-state index contributed by atoms with van der Waals surface area (Å²) in [5, 5.41) is 11.2. The molecule has 110 valence electrons. The first-order chi connectivity index (χ1) is 9.61. The summed E-state index contributed by atoms with van der Waals surface area (Å²) in [5.41, 5.74) is 0.239. The van der Waals surface area contributed by atoms with Crippen molar-refractivity contribution in [3.8, 4) is 11.5 Å². The maximum Gasteiger partial charge on any atom is 0.161 e. The molecule has 3 nitrogen and oxygen atoms in total. The van der Waals surface area contributed by atoms with Gasteiger partial charge in [-0.2, -0.15) is 0 Å². The summed E-state index contributed by atoms with van der Waals surface area (Å²) in [6.45, 7) is 5.77. The van der Waals surface area contributed by atoms with Crippen molar-refractivity contribution < 1.29 is 14.6 Å². The number of rotatable bonds is 1. The van der Waals surface area contributed by atoms with E-state index in [2.05, 4.69) is 13.8 Å². The van der Waals surface area contributed by atoms with Crippen LogP contribution in [0.1, 0.15) is 45.1 Å². The molecule has 1 saturated carbocycles. The topological polar surface area (TPSA) is 38.7 Å². The standard InChI is InChI=1S/C17H24O3/c1-12-5-3-8-17(18,13(12)2)14-6-7-15-16(11-14)20-10-4-9-19-15/h6-7,11-13,18H,3-5,8-10H2,1-2H3. The Hall–Kier alpha value is -1.22. The van der Waals surface area contributed by atoms with Gasteiger partial charge in [-0.05, 0) is 42.4 Å². The minimum Gasteiger partial charge on any atom is -0.490 e. The third kappa shape index (κ3) is 2.28. The molecular weight excluding hydrogens is 252 g/mol. The predicted octanol–water partition coefficient (Wildman–Crippen LogP) is 3.49. The average Bonchev–Trinajstić information content (AvgIpc) is 2.69. The fourth-order valence-corrected chi connectivity index (χ4v) is 3.48. The summed E-state index contributed by atoms with van der Waals surface area (Å²) in [6, 6.07) is 5.93. The van der Waals surface area contributed by atoms with Gasteiger partial charge in [0.05, 0.1) is 18.8 Å². The van der Waals surface area contributed by atoms with Gasteiger partial charge in [0.1, 0.15) is 0 Å². The molecule has 2 aliphatic rings. The summed E-state index contributed by atoms with van der Waals surface area (Å²) in [7, 11) is 0. The van der Waals surface area contributed by atoms with E-state index in [9.17, 15) is 5.11 Å². The Kier molecular flexibility index (Phi) is 3.63. The van der Waals surface area contributed by atoms with Crippen molar-refractivity contribution >= 4 is 0 Å². The summed E-state index contributed by atoms with van der Waals surface area (Å²) in [5.74, 6) is 2.39. The lowest BCUT2D eigenvalue weighted by Crippen LogP contribution is -2.40. The quantitative estimate of drug-likeness (QED) is 0.853. The fraction of sp³-hybridized carbons (Fsp3) is 0.647. The molecule has 1 heterocycles. The molecule has 0 bridgehead atoms. The molecule has 3 rings (SSSR count). The Morgan fingerprint density at radius 1 is 1.10 bits per heavy atom. The highest BCUT2D eigenvalue weighted by Crippen LogP contribution is 2.46. The van der Waals surface area contributed by atoms with E-state index < -0.39 is 5.60 Å². The van der Waals surface area contributed by atoms with E-state index in [-0.39, 0.29) is 5.92 Å². The van der Waals surface area contributed by atoms with Gasteiger partial charge < -0.3 is 14.6 Å². The summed E-state index contributed by atoms with van der Waals surface area (Å²) in [4.78, 5) is 0. The van der Waals surface area contributed by atoms with Gasteiger partial charge in [-0.25, -0.2) is 0 Å². The Balaban J connectivity index is 1.95. The lowest BCUT2D eigenvalue weighted by molar-refractivity contribution is -0.0689. The molecule has 1 aliphatic heterocycles. The molecule has 0 amide bonds. The van der Waals surface area contributed by atoms with Crippen molar-refractivity contribution in [1.82, 2.24) is 0 Å². The molecular formula is C17H24O3. The summed E-state index contributed by atoms with van der Waals surface area (Å²) in [6.07, 6.45) is 4.02. The zero-order chi connectivity index (χ0) is 14.2. The Labute approximate surface area is 120 Å². The third-order valence-corrected chi connectivity index (χ3v) is 5.07. The van der Waals surface area contributed by atoms with Gasteiger partial charge in [0.2, 0.25) is 0 Å². The average molecular weight is 276 g/mol. The van der Waals surface area contributed by atoms with E-state index in [1.54, 1.807) is 0 Å². The number of hydrogen-bond donors (Lipinski definition) is 1. The lowest BCUT2D eigenvalue weighted by atomic mass is 9.67. The number of aliphatic hydroxyl groups is 1. The van der Waals surface area contributed by atoms with Gasteiger partial charge in [0, 0.05) is 6.42 Å². The molecule has 1 aromatic rings. The molecule has 1 N–H and O–H groups in total. The van der Waals surface area contributed by atoms with E-state index in [1.165, 1.54) is 6.42 Å². The second-order valence-corrected chi connectivity index (χ2v) is 6.29. The highest BCUT2D eigenvalue weighted by atomic mass is 16.5. The minimum atomic E-state index is -0.734. The van der Waals surface area contributed by atoms with Crippen LogP contribution in [0.3, 0.4) is 0 Å². The van der Waals surface area contributed by atoms with Crippen molar-refractivity contribution in [2.45, 2.75) is 45.1 Å². The Bertz CT molecular complexity index is 485. The van der Waals surface area contributed by atoms with Gasteiger partial charge in [-0.1, -0.05) is 26.3 Å². The summed E-state index contributed by atoms with van der Waals surface area (Å²) >= 11 is 0. The van der Waals surface area contributed by atoms with E-state index >= 15 is 0 Å². The predicted molar refractivity (Wildman–Crippen MR) is 78.1 cm³/mol. The molecule has 3 heteroatoms. The second-order valence-electron chi connectivity index (χ2n) is 6.29. The van der Waals surface area contributed by atoms with Crippen LogP contribution >= 0.6 is 0 Å². The number of ether oxygens (including phenoxy) is 2. The molecule has 0 aromatic heterocycles. The Morgan fingerprint density at radius 2 is 1.85 bits per heavy atom. The largest absolute Gasteiger partial charge is 0.490 e. The van der Waals surface area contributed by atoms with Crippen LogP contribution in [-0.2, 0) is 5.60 Å². The van der Waals surface area contributed by atoms with Gasteiger partial charge in [0.15, 0.2) is 11.5 Å². The van der Waals surface area contributed by atoms with E-state index in [0.29, 0.717) is 19.1 Å². The maximum atomic E-state index is 11.2. The Morgan fingerprint density at radius 3 is 2.65 bits per heavy atom. The van der Waals surface area contributed by atoms with Crippen LogP contribution < -0.4 is 9.47 Å². The molecule has 3 unspecified atom stereocenters. The van der Waals surface area contributed by atoms with Crippen LogP contribution in [0.4, 0.5) is 0 Å². The van der Waals surface area contributed by atoms with Gasteiger partial charge in [-0.3, -0.25) is 0 Å². The molecule has 0 radical (unpaired) electrons. The molecule has 0 saturated heterocycles. The minimum absolute atomic E-state index is 0.265. The molecule has 3 atom stereocenters. The molecule has 1 fully saturated rings.